The second-order valence-electron chi connectivity index (χ2n) is 5.78. The molecule has 0 unspecified atom stereocenters. The Hall–Kier alpha value is -1.94. The lowest BCUT2D eigenvalue weighted by molar-refractivity contribution is 0.0952. The average Bonchev–Trinajstić information content (AvgIpc) is 2.52. The van der Waals surface area contributed by atoms with Crippen molar-refractivity contribution >= 4 is 16.8 Å². The first-order chi connectivity index (χ1) is 10.6. The molecule has 1 heterocycles. The summed E-state index contributed by atoms with van der Waals surface area (Å²) in [5.74, 6) is -0.0390. The fourth-order valence-electron chi connectivity index (χ4n) is 2.54. The van der Waals surface area contributed by atoms with Crippen molar-refractivity contribution in [2.24, 2.45) is 0 Å². The monoisotopic (exact) mass is 299 g/mol. The van der Waals surface area contributed by atoms with Crippen molar-refractivity contribution in [1.82, 2.24) is 15.2 Å². The lowest BCUT2D eigenvalue weighted by Crippen LogP contribution is -2.31. The Morgan fingerprint density at radius 1 is 1.23 bits per heavy atom. The molecule has 2 rings (SSSR count). The van der Waals surface area contributed by atoms with E-state index >= 15 is 0 Å². The predicted octanol–water partition coefficient (Wildman–Crippen LogP) is 2.65. The normalized spacial score (nSPS) is 11.1. The Bertz CT molecular complexity index is 665. The number of hydrogen-bond acceptors (Lipinski definition) is 3. The van der Waals surface area contributed by atoms with Gasteiger partial charge in [0.25, 0.3) is 5.91 Å². The number of aromatic nitrogens is 1. The number of benzene rings is 1. The van der Waals surface area contributed by atoms with Gasteiger partial charge in [0.15, 0.2) is 0 Å². The molecule has 0 aliphatic heterocycles. The number of aryl methyl sites for hydroxylation is 2. The zero-order chi connectivity index (χ0) is 16.1. The van der Waals surface area contributed by atoms with Crippen molar-refractivity contribution in [3.8, 4) is 0 Å². The molecule has 0 aliphatic rings. The molecule has 4 heteroatoms. The number of rotatable bonds is 6. The highest BCUT2D eigenvalue weighted by molar-refractivity contribution is 6.06. The Labute approximate surface area is 132 Å². The van der Waals surface area contributed by atoms with Gasteiger partial charge in [-0.1, -0.05) is 13.8 Å². The topological polar surface area (TPSA) is 45.2 Å². The van der Waals surface area contributed by atoms with Gasteiger partial charge in [-0.15, -0.1) is 0 Å². The van der Waals surface area contributed by atoms with Gasteiger partial charge < -0.3 is 10.2 Å². The summed E-state index contributed by atoms with van der Waals surface area (Å²) in [7, 11) is 3.99. The fraction of sp³-hybridized carbons (Fsp3) is 0.444. The van der Waals surface area contributed by atoms with Gasteiger partial charge in [-0.05, 0) is 56.3 Å². The van der Waals surface area contributed by atoms with Gasteiger partial charge in [-0.25, -0.2) is 0 Å². The molecule has 0 aliphatic carbocycles. The maximum absolute atomic E-state index is 12.5. The van der Waals surface area contributed by atoms with Crippen LogP contribution in [0.5, 0.6) is 0 Å². The molecule has 1 amide bonds. The molecule has 1 N–H and O–H groups in total. The third kappa shape index (κ3) is 3.63. The SMILES string of the molecule is CCc1cc(C(=O)NCCN(C)C)c2nccc(CC)c2c1. The van der Waals surface area contributed by atoms with Crippen LogP contribution in [0.3, 0.4) is 0 Å². The van der Waals surface area contributed by atoms with E-state index in [2.05, 4.69) is 30.2 Å². The maximum Gasteiger partial charge on any atom is 0.253 e. The van der Waals surface area contributed by atoms with E-state index in [4.69, 9.17) is 0 Å². The number of likely N-dealkylation sites (N-methyl/N-ethyl adjacent to an activating group) is 1. The number of nitrogens with one attached hydrogen (secondary N) is 1. The molecule has 0 saturated carbocycles. The van der Waals surface area contributed by atoms with Crippen molar-refractivity contribution in [2.75, 3.05) is 27.2 Å². The molecular weight excluding hydrogens is 274 g/mol. The maximum atomic E-state index is 12.5. The van der Waals surface area contributed by atoms with Crippen molar-refractivity contribution in [1.29, 1.82) is 0 Å². The van der Waals surface area contributed by atoms with Gasteiger partial charge in [0.2, 0.25) is 0 Å². The van der Waals surface area contributed by atoms with Crippen LogP contribution in [-0.2, 0) is 12.8 Å². The van der Waals surface area contributed by atoms with Crippen molar-refractivity contribution in [3.63, 3.8) is 0 Å². The molecule has 0 fully saturated rings. The molecule has 0 spiro atoms. The van der Waals surface area contributed by atoms with Gasteiger partial charge in [-0.3, -0.25) is 9.78 Å². The van der Waals surface area contributed by atoms with Crippen LogP contribution >= 0.6 is 0 Å². The molecule has 0 radical (unpaired) electrons. The number of pyridine rings is 1. The highest BCUT2D eigenvalue weighted by Crippen LogP contribution is 2.23. The highest BCUT2D eigenvalue weighted by atomic mass is 16.1. The van der Waals surface area contributed by atoms with Crippen LogP contribution in [0.2, 0.25) is 0 Å². The van der Waals surface area contributed by atoms with Gasteiger partial charge in [0.1, 0.15) is 0 Å². The summed E-state index contributed by atoms with van der Waals surface area (Å²) in [5.41, 5.74) is 3.90. The second-order valence-corrected chi connectivity index (χ2v) is 5.78. The Morgan fingerprint density at radius 2 is 2.00 bits per heavy atom. The Morgan fingerprint density at radius 3 is 2.64 bits per heavy atom. The van der Waals surface area contributed by atoms with E-state index in [1.165, 1.54) is 11.1 Å². The summed E-state index contributed by atoms with van der Waals surface area (Å²) >= 11 is 0. The van der Waals surface area contributed by atoms with Gasteiger partial charge in [0, 0.05) is 24.7 Å². The van der Waals surface area contributed by atoms with Crippen LogP contribution in [0.15, 0.2) is 24.4 Å². The summed E-state index contributed by atoms with van der Waals surface area (Å²) in [6.45, 7) is 5.70. The molecule has 118 valence electrons. The van der Waals surface area contributed by atoms with Crippen molar-refractivity contribution < 1.29 is 4.79 Å². The number of amides is 1. The summed E-state index contributed by atoms with van der Waals surface area (Å²) in [5, 5.41) is 4.09. The largest absolute Gasteiger partial charge is 0.351 e. The molecule has 4 nitrogen and oxygen atoms in total. The third-order valence-electron chi connectivity index (χ3n) is 3.87. The first-order valence-corrected chi connectivity index (χ1v) is 7.90. The van der Waals surface area contributed by atoms with E-state index in [1.807, 2.05) is 31.1 Å². The molecule has 0 saturated heterocycles. The summed E-state index contributed by atoms with van der Waals surface area (Å²) in [6.07, 6.45) is 3.64. The fourth-order valence-corrected chi connectivity index (χ4v) is 2.54. The summed E-state index contributed by atoms with van der Waals surface area (Å²) < 4.78 is 0. The van der Waals surface area contributed by atoms with Crippen molar-refractivity contribution in [2.45, 2.75) is 26.7 Å². The predicted molar refractivity (Wildman–Crippen MR) is 91.4 cm³/mol. The minimum absolute atomic E-state index is 0.0390. The Kier molecular flexibility index (Phi) is 5.50. The average molecular weight is 299 g/mol. The number of hydrogen-bond donors (Lipinski definition) is 1. The molecule has 2 aromatic rings. The van der Waals surface area contributed by atoms with Crippen LogP contribution in [-0.4, -0.2) is 43.0 Å². The molecule has 1 aromatic heterocycles. The smallest absolute Gasteiger partial charge is 0.253 e. The number of nitrogens with zero attached hydrogens (tertiary/aromatic N) is 2. The van der Waals surface area contributed by atoms with Crippen molar-refractivity contribution in [3.05, 3.63) is 41.1 Å². The number of carbonyl (C=O) groups is 1. The summed E-state index contributed by atoms with van der Waals surface area (Å²) in [6, 6.07) is 6.17. The van der Waals surface area contributed by atoms with E-state index in [9.17, 15) is 4.79 Å². The minimum atomic E-state index is -0.0390. The highest BCUT2D eigenvalue weighted by Gasteiger charge is 2.14. The van der Waals surface area contributed by atoms with Crippen LogP contribution in [0.4, 0.5) is 0 Å². The molecule has 1 aromatic carbocycles. The van der Waals surface area contributed by atoms with E-state index in [-0.39, 0.29) is 5.91 Å². The zero-order valence-electron chi connectivity index (χ0n) is 13.9. The van der Waals surface area contributed by atoms with E-state index in [0.29, 0.717) is 12.1 Å². The standard InChI is InChI=1S/C18H25N3O/c1-5-13-11-15-14(6-2)7-8-19-17(15)16(12-13)18(22)20-9-10-21(3)4/h7-8,11-12H,5-6,9-10H2,1-4H3,(H,20,22). The second kappa shape index (κ2) is 7.36. The lowest BCUT2D eigenvalue weighted by Gasteiger charge is -2.13. The number of fused-ring (bicyclic) bond motifs is 1. The lowest BCUT2D eigenvalue weighted by atomic mass is 9.98. The van der Waals surface area contributed by atoms with E-state index in [0.717, 1.165) is 30.3 Å². The van der Waals surface area contributed by atoms with Gasteiger partial charge in [0.05, 0.1) is 11.1 Å². The van der Waals surface area contributed by atoms with Crippen LogP contribution in [0, 0.1) is 0 Å². The van der Waals surface area contributed by atoms with Crippen LogP contribution in [0.25, 0.3) is 10.9 Å². The van der Waals surface area contributed by atoms with E-state index in [1.54, 1.807) is 6.20 Å². The van der Waals surface area contributed by atoms with Gasteiger partial charge >= 0.3 is 0 Å². The molecular formula is C18H25N3O. The Balaban J connectivity index is 2.41. The minimum Gasteiger partial charge on any atom is -0.351 e. The third-order valence-corrected chi connectivity index (χ3v) is 3.87. The zero-order valence-corrected chi connectivity index (χ0v) is 13.9. The quantitative estimate of drug-likeness (QED) is 0.892. The molecule has 0 atom stereocenters. The van der Waals surface area contributed by atoms with E-state index < -0.39 is 0 Å². The number of carbonyl (C=O) groups excluding carboxylic acids is 1. The van der Waals surface area contributed by atoms with Gasteiger partial charge in [-0.2, -0.15) is 0 Å². The molecule has 22 heavy (non-hydrogen) atoms. The molecule has 0 bridgehead atoms. The van der Waals surface area contributed by atoms with Crippen LogP contribution < -0.4 is 5.32 Å². The van der Waals surface area contributed by atoms with Crippen LogP contribution in [0.1, 0.15) is 35.3 Å². The first-order valence-electron chi connectivity index (χ1n) is 7.90. The first kappa shape index (κ1) is 16.4. The summed E-state index contributed by atoms with van der Waals surface area (Å²) in [4.78, 5) is 19.0.